The molecule has 0 radical (unpaired) electrons. The maximum absolute atomic E-state index is 6.85. The second-order valence-electron chi connectivity index (χ2n) is 13.9. The van der Waals surface area contributed by atoms with E-state index < -0.39 is 5.41 Å². The monoisotopic (exact) mass is 679 g/mol. The van der Waals surface area contributed by atoms with E-state index in [2.05, 4.69) is 180 Å². The molecule has 11 aromatic rings. The number of aromatic nitrogens is 1. The molecule has 0 saturated carbocycles. The first-order valence-electron chi connectivity index (χ1n) is 17.9. The minimum absolute atomic E-state index is 0.488. The Balaban J connectivity index is 1.29. The van der Waals surface area contributed by atoms with Crippen LogP contribution < -0.4 is 0 Å². The number of benzene rings is 8. The molecule has 0 spiro atoms. The lowest BCUT2D eigenvalue weighted by atomic mass is 9.67. The van der Waals surface area contributed by atoms with Gasteiger partial charge in [0, 0.05) is 37.3 Å². The van der Waals surface area contributed by atoms with E-state index in [1.807, 2.05) is 11.3 Å². The minimum atomic E-state index is -0.488. The first kappa shape index (κ1) is 28.3. The van der Waals surface area contributed by atoms with Gasteiger partial charge in [0.05, 0.1) is 26.5 Å². The van der Waals surface area contributed by atoms with Gasteiger partial charge in [0.15, 0.2) is 5.58 Å². The van der Waals surface area contributed by atoms with Crippen molar-refractivity contribution in [2.24, 2.45) is 0 Å². The summed E-state index contributed by atoms with van der Waals surface area (Å²) < 4.78 is 11.9. The van der Waals surface area contributed by atoms with Crippen LogP contribution >= 0.6 is 11.3 Å². The Kier molecular flexibility index (Phi) is 5.62. The number of hydrogen-bond acceptors (Lipinski definition) is 2. The highest BCUT2D eigenvalue weighted by Crippen LogP contribution is 2.57. The first-order valence-corrected chi connectivity index (χ1v) is 18.7. The van der Waals surface area contributed by atoms with Crippen molar-refractivity contribution in [2.75, 3.05) is 0 Å². The van der Waals surface area contributed by atoms with Gasteiger partial charge in [-0.05, 0) is 63.7 Å². The molecule has 3 heteroatoms. The van der Waals surface area contributed by atoms with E-state index in [4.69, 9.17) is 4.42 Å². The maximum atomic E-state index is 6.85. The molecule has 0 N–H and O–H groups in total. The van der Waals surface area contributed by atoms with Crippen molar-refractivity contribution in [1.29, 1.82) is 0 Å². The van der Waals surface area contributed by atoms with Crippen LogP contribution in [0.1, 0.15) is 22.3 Å². The average molecular weight is 680 g/mol. The molecule has 0 saturated heterocycles. The molecule has 1 aliphatic rings. The van der Waals surface area contributed by atoms with Crippen molar-refractivity contribution in [1.82, 2.24) is 4.57 Å². The first-order chi connectivity index (χ1) is 25.8. The van der Waals surface area contributed by atoms with E-state index >= 15 is 0 Å². The zero-order chi connectivity index (χ0) is 34.0. The minimum Gasteiger partial charge on any atom is -0.454 e. The third kappa shape index (κ3) is 3.48. The molecule has 3 aromatic heterocycles. The van der Waals surface area contributed by atoms with E-state index in [9.17, 15) is 0 Å². The number of fused-ring (bicyclic) bond motifs is 15. The van der Waals surface area contributed by atoms with Crippen LogP contribution in [0.2, 0.25) is 0 Å². The third-order valence-corrected chi connectivity index (χ3v) is 12.6. The number of rotatable bonds is 3. The predicted octanol–water partition coefficient (Wildman–Crippen LogP) is 13.4. The highest BCUT2D eigenvalue weighted by atomic mass is 32.1. The Labute approximate surface area is 303 Å². The number of nitrogens with zero attached hydrogens (tertiary/aromatic N) is 1. The van der Waals surface area contributed by atoms with Crippen molar-refractivity contribution in [3.8, 4) is 16.8 Å². The lowest BCUT2D eigenvalue weighted by molar-refractivity contribution is 0.673. The topological polar surface area (TPSA) is 18.1 Å². The van der Waals surface area contributed by atoms with Crippen molar-refractivity contribution < 1.29 is 4.42 Å². The van der Waals surface area contributed by atoms with E-state index in [0.29, 0.717) is 0 Å². The van der Waals surface area contributed by atoms with Gasteiger partial charge in [-0.25, -0.2) is 0 Å². The summed E-state index contributed by atoms with van der Waals surface area (Å²) in [6, 6.07) is 64.6. The van der Waals surface area contributed by atoms with Crippen LogP contribution in [0.25, 0.3) is 80.7 Å². The van der Waals surface area contributed by atoms with Gasteiger partial charge in [0.2, 0.25) is 0 Å². The Morgan fingerprint density at radius 1 is 0.481 bits per heavy atom. The Bertz CT molecular complexity index is 3200. The van der Waals surface area contributed by atoms with Crippen LogP contribution in [0.5, 0.6) is 0 Å². The molecule has 52 heavy (non-hydrogen) atoms. The van der Waals surface area contributed by atoms with Gasteiger partial charge in [-0.1, -0.05) is 146 Å². The molecular formula is C49H29NOS. The lowest BCUT2D eigenvalue weighted by Gasteiger charge is -2.34. The molecule has 0 amide bonds. The Morgan fingerprint density at radius 2 is 1.12 bits per heavy atom. The summed E-state index contributed by atoms with van der Waals surface area (Å²) in [5, 5.41) is 7.38. The predicted molar refractivity (Wildman–Crippen MR) is 218 cm³/mol. The molecule has 0 aliphatic heterocycles. The van der Waals surface area contributed by atoms with Crippen LogP contribution in [0.3, 0.4) is 0 Å². The fraction of sp³-hybridized carbons (Fsp3) is 0.0204. The molecule has 242 valence electrons. The smallest absolute Gasteiger partial charge is 0.155 e. The standard InChI is InChI=1S/C49H29NOS/c1-3-15-30(16-4-1)49(31-17-5-2-6-18-31)38-23-11-7-19-33(38)34-28-27-32(29-39(34)49)50-40-24-12-8-20-35(40)43-44-37-22-10-14-26-42(37)52-48(44)47-45(46(43)50)36-21-9-13-25-41(36)51-47/h1-29H. The van der Waals surface area contributed by atoms with Crippen LogP contribution in [0.15, 0.2) is 180 Å². The summed E-state index contributed by atoms with van der Waals surface area (Å²) in [5.41, 5.74) is 12.6. The van der Waals surface area contributed by atoms with E-state index in [1.165, 1.54) is 80.7 Å². The summed E-state index contributed by atoms with van der Waals surface area (Å²) in [6.45, 7) is 0. The normalized spacial score (nSPS) is 13.5. The molecule has 2 nitrogen and oxygen atoms in total. The van der Waals surface area contributed by atoms with Gasteiger partial charge in [-0.15, -0.1) is 11.3 Å². The highest BCUT2D eigenvalue weighted by molar-refractivity contribution is 7.27. The van der Waals surface area contributed by atoms with Crippen LogP contribution in [0.4, 0.5) is 0 Å². The quantitative estimate of drug-likeness (QED) is 0.182. The van der Waals surface area contributed by atoms with E-state index in [0.717, 1.165) is 22.2 Å². The number of hydrogen-bond donors (Lipinski definition) is 0. The van der Waals surface area contributed by atoms with E-state index in [1.54, 1.807) is 0 Å². The van der Waals surface area contributed by atoms with Gasteiger partial charge in [-0.2, -0.15) is 0 Å². The van der Waals surface area contributed by atoms with Gasteiger partial charge >= 0.3 is 0 Å². The Hall–Kier alpha value is -6.42. The number of furan rings is 1. The molecule has 0 unspecified atom stereocenters. The second kappa shape index (κ2) is 10.3. The highest BCUT2D eigenvalue weighted by Gasteiger charge is 2.46. The largest absolute Gasteiger partial charge is 0.454 e. The molecule has 1 aliphatic carbocycles. The zero-order valence-electron chi connectivity index (χ0n) is 28.0. The van der Waals surface area contributed by atoms with Crippen molar-refractivity contribution in [3.05, 3.63) is 198 Å². The molecule has 0 fully saturated rings. The van der Waals surface area contributed by atoms with Crippen LogP contribution in [0, 0.1) is 0 Å². The van der Waals surface area contributed by atoms with Gasteiger partial charge in [0.25, 0.3) is 0 Å². The number of para-hydroxylation sites is 2. The third-order valence-electron chi connectivity index (χ3n) is 11.5. The van der Waals surface area contributed by atoms with Crippen molar-refractivity contribution >= 4 is 75.3 Å². The Morgan fingerprint density at radius 3 is 1.92 bits per heavy atom. The molecule has 12 rings (SSSR count). The number of thiophene rings is 1. The summed E-state index contributed by atoms with van der Waals surface area (Å²) in [5.74, 6) is 0. The average Bonchev–Trinajstić information content (AvgIpc) is 3.95. The lowest BCUT2D eigenvalue weighted by Crippen LogP contribution is -2.28. The summed E-state index contributed by atoms with van der Waals surface area (Å²) in [4.78, 5) is 0. The second-order valence-corrected chi connectivity index (χ2v) is 15.0. The van der Waals surface area contributed by atoms with Gasteiger partial charge in [-0.3, -0.25) is 0 Å². The summed E-state index contributed by atoms with van der Waals surface area (Å²) in [6.07, 6.45) is 0. The fourth-order valence-corrected chi connectivity index (χ4v) is 10.7. The molecule has 3 heterocycles. The molecule has 8 aromatic carbocycles. The SMILES string of the molecule is c1ccc(C2(c3ccccc3)c3ccccc3-c3ccc(-n4c5ccccc5c5c6c7ccccc7sc6c6oc7ccccc7c6c54)cc32)cc1. The summed E-state index contributed by atoms with van der Waals surface area (Å²) >= 11 is 1.84. The molecular weight excluding hydrogens is 651 g/mol. The van der Waals surface area contributed by atoms with Crippen molar-refractivity contribution in [2.45, 2.75) is 5.41 Å². The zero-order valence-corrected chi connectivity index (χ0v) is 28.8. The van der Waals surface area contributed by atoms with E-state index in [-0.39, 0.29) is 0 Å². The van der Waals surface area contributed by atoms with Crippen molar-refractivity contribution in [3.63, 3.8) is 0 Å². The molecule has 0 bridgehead atoms. The molecule has 0 atom stereocenters. The fourth-order valence-electron chi connectivity index (χ4n) is 9.46. The van der Waals surface area contributed by atoms with Crippen LogP contribution in [-0.4, -0.2) is 4.57 Å². The summed E-state index contributed by atoms with van der Waals surface area (Å²) in [7, 11) is 0. The van der Waals surface area contributed by atoms with Crippen LogP contribution in [-0.2, 0) is 5.41 Å². The van der Waals surface area contributed by atoms with Gasteiger partial charge < -0.3 is 8.98 Å². The van der Waals surface area contributed by atoms with Gasteiger partial charge in [0.1, 0.15) is 5.58 Å². The maximum Gasteiger partial charge on any atom is 0.155 e.